The molecule has 0 aliphatic heterocycles. The molecule has 21 heavy (non-hydrogen) atoms. The molecule has 1 aromatic heterocycles. The van der Waals surface area contributed by atoms with E-state index >= 15 is 0 Å². The Labute approximate surface area is 123 Å². The summed E-state index contributed by atoms with van der Waals surface area (Å²) in [6, 6.07) is 8.89. The molecule has 0 bridgehead atoms. The van der Waals surface area contributed by atoms with Crippen molar-refractivity contribution < 1.29 is 15.0 Å². The zero-order chi connectivity index (χ0) is 15.4. The SMILES string of the molecule is CC(C)CC(CO)Nc1nc(C(=O)O)cc2ccccc12. The van der Waals surface area contributed by atoms with Crippen LogP contribution < -0.4 is 5.32 Å². The van der Waals surface area contributed by atoms with Gasteiger partial charge in [-0.05, 0) is 23.8 Å². The highest BCUT2D eigenvalue weighted by Gasteiger charge is 2.15. The van der Waals surface area contributed by atoms with E-state index in [0.29, 0.717) is 11.7 Å². The number of anilines is 1. The smallest absolute Gasteiger partial charge is 0.354 e. The van der Waals surface area contributed by atoms with Gasteiger partial charge in [0.1, 0.15) is 5.82 Å². The minimum absolute atomic E-state index is 0.00237. The van der Waals surface area contributed by atoms with E-state index in [-0.39, 0.29) is 18.3 Å². The van der Waals surface area contributed by atoms with Gasteiger partial charge in [0.05, 0.1) is 12.6 Å². The summed E-state index contributed by atoms with van der Waals surface area (Å²) < 4.78 is 0. The van der Waals surface area contributed by atoms with Crippen molar-refractivity contribution in [2.45, 2.75) is 26.3 Å². The number of aliphatic hydroxyl groups is 1. The number of pyridine rings is 1. The maximum atomic E-state index is 11.2. The van der Waals surface area contributed by atoms with Crippen molar-refractivity contribution in [3.63, 3.8) is 0 Å². The molecule has 0 saturated carbocycles. The third-order valence-corrected chi connectivity index (χ3v) is 3.28. The molecule has 112 valence electrons. The van der Waals surface area contributed by atoms with Crippen LogP contribution in [0.25, 0.3) is 10.8 Å². The number of nitrogens with one attached hydrogen (secondary N) is 1. The zero-order valence-electron chi connectivity index (χ0n) is 12.2. The molecule has 1 atom stereocenters. The second-order valence-corrected chi connectivity index (χ2v) is 5.54. The highest BCUT2D eigenvalue weighted by molar-refractivity contribution is 5.97. The highest BCUT2D eigenvalue weighted by atomic mass is 16.4. The van der Waals surface area contributed by atoms with Crippen molar-refractivity contribution in [2.24, 2.45) is 5.92 Å². The number of aromatic nitrogens is 1. The van der Waals surface area contributed by atoms with Crippen molar-refractivity contribution in [1.82, 2.24) is 4.98 Å². The number of benzene rings is 1. The molecule has 0 spiro atoms. The van der Waals surface area contributed by atoms with Crippen molar-refractivity contribution in [3.8, 4) is 0 Å². The van der Waals surface area contributed by atoms with Crippen LogP contribution in [0.5, 0.6) is 0 Å². The van der Waals surface area contributed by atoms with Crippen LogP contribution in [-0.2, 0) is 0 Å². The van der Waals surface area contributed by atoms with E-state index in [0.717, 1.165) is 17.2 Å². The number of nitrogens with zero attached hydrogens (tertiary/aromatic N) is 1. The number of hydrogen-bond acceptors (Lipinski definition) is 4. The Morgan fingerprint density at radius 3 is 2.67 bits per heavy atom. The fraction of sp³-hybridized carbons (Fsp3) is 0.375. The van der Waals surface area contributed by atoms with E-state index in [1.807, 2.05) is 24.3 Å². The standard InChI is InChI=1S/C16H20N2O3/c1-10(2)7-12(9-19)17-15-13-6-4-3-5-11(13)8-14(18-15)16(20)21/h3-6,8,10,12,19H,7,9H2,1-2H3,(H,17,18)(H,20,21). The number of carboxylic acids is 1. The first kappa shape index (κ1) is 15.3. The summed E-state index contributed by atoms with van der Waals surface area (Å²) in [4.78, 5) is 15.4. The molecule has 1 unspecified atom stereocenters. The molecule has 3 N–H and O–H groups in total. The van der Waals surface area contributed by atoms with Crippen molar-refractivity contribution in [3.05, 3.63) is 36.0 Å². The van der Waals surface area contributed by atoms with E-state index < -0.39 is 5.97 Å². The maximum absolute atomic E-state index is 11.2. The van der Waals surface area contributed by atoms with E-state index in [4.69, 9.17) is 5.11 Å². The Bertz CT molecular complexity index is 640. The maximum Gasteiger partial charge on any atom is 0.354 e. The average Bonchev–Trinajstić information content (AvgIpc) is 2.45. The average molecular weight is 288 g/mol. The molecule has 5 nitrogen and oxygen atoms in total. The topological polar surface area (TPSA) is 82.5 Å². The highest BCUT2D eigenvalue weighted by Crippen LogP contribution is 2.24. The number of rotatable bonds is 6. The van der Waals surface area contributed by atoms with Crippen LogP contribution in [-0.4, -0.2) is 33.8 Å². The van der Waals surface area contributed by atoms with Gasteiger partial charge < -0.3 is 15.5 Å². The van der Waals surface area contributed by atoms with E-state index in [2.05, 4.69) is 24.1 Å². The molecular formula is C16H20N2O3. The Kier molecular flexibility index (Phi) is 4.75. The Morgan fingerprint density at radius 1 is 1.33 bits per heavy atom. The second-order valence-electron chi connectivity index (χ2n) is 5.54. The summed E-state index contributed by atoms with van der Waals surface area (Å²) in [5.74, 6) is -0.137. The summed E-state index contributed by atoms with van der Waals surface area (Å²) in [5, 5.41) is 23.5. The lowest BCUT2D eigenvalue weighted by molar-refractivity contribution is 0.0691. The quantitative estimate of drug-likeness (QED) is 0.761. The second kappa shape index (κ2) is 6.54. The van der Waals surface area contributed by atoms with Gasteiger partial charge in [-0.2, -0.15) is 0 Å². The third kappa shape index (κ3) is 3.70. The van der Waals surface area contributed by atoms with Gasteiger partial charge in [-0.25, -0.2) is 9.78 Å². The fourth-order valence-electron chi connectivity index (χ4n) is 2.36. The van der Waals surface area contributed by atoms with Crippen LogP contribution in [0.1, 0.15) is 30.8 Å². The lowest BCUT2D eigenvalue weighted by Gasteiger charge is -2.20. The van der Waals surface area contributed by atoms with Gasteiger partial charge in [0.25, 0.3) is 0 Å². The van der Waals surface area contributed by atoms with Crippen molar-refractivity contribution >= 4 is 22.6 Å². The molecule has 2 rings (SSSR count). The van der Waals surface area contributed by atoms with E-state index in [9.17, 15) is 9.90 Å². The predicted octanol–water partition coefficient (Wildman–Crippen LogP) is 2.75. The zero-order valence-corrected chi connectivity index (χ0v) is 12.2. The minimum Gasteiger partial charge on any atom is -0.477 e. The molecule has 0 aliphatic carbocycles. The number of aliphatic hydroxyl groups excluding tert-OH is 1. The van der Waals surface area contributed by atoms with Crippen LogP contribution >= 0.6 is 0 Å². The van der Waals surface area contributed by atoms with Gasteiger partial charge in [-0.1, -0.05) is 38.1 Å². The van der Waals surface area contributed by atoms with Crippen LogP contribution in [0.4, 0.5) is 5.82 Å². The summed E-state index contributed by atoms with van der Waals surface area (Å²) in [6.07, 6.45) is 0.782. The fourth-order valence-corrected chi connectivity index (χ4v) is 2.36. The van der Waals surface area contributed by atoms with Crippen molar-refractivity contribution in [1.29, 1.82) is 0 Å². The van der Waals surface area contributed by atoms with E-state index in [1.54, 1.807) is 6.07 Å². The van der Waals surface area contributed by atoms with Gasteiger partial charge in [0, 0.05) is 5.39 Å². The minimum atomic E-state index is -1.06. The first-order valence-electron chi connectivity index (χ1n) is 7.01. The summed E-state index contributed by atoms with van der Waals surface area (Å²) >= 11 is 0. The van der Waals surface area contributed by atoms with Crippen molar-refractivity contribution in [2.75, 3.05) is 11.9 Å². The lowest BCUT2D eigenvalue weighted by atomic mass is 10.0. The first-order valence-corrected chi connectivity index (χ1v) is 7.01. The molecule has 0 fully saturated rings. The third-order valence-electron chi connectivity index (χ3n) is 3.28. The normalized spacial score (nSPS) is 12.6. The Balaban J connectivity index is 2.43. The molecule has 2 aromatic rings. The van der Waals surface area contributed by atoms with Gasteiger partial charge >= 0.3 is 5.97 Å². The number of carbonyl (C=O) groups is 1. The van der Waals surface area contributed by atoms with Gasteiger partial charge in [-0.15, -0.1) is 0 Å². The molecule has 5 heteroatoms. The Morgan fingerprint density at radius 2 is 2.05 bits per heavy atom. The molecule has 0 aliphatic rings. The number of aromatic carboxylic acids is 1. The Hall–Kier alpha value is -2.14. The lowest BCUT2D eigenvalue weighted by Crippen LogP contribution is -2.26. The van der Waals surface area contributed by atoms with Gasteiger partial charge in [0.2, 0.25) is 0 Å². The summed E-state index contributed by atoms with van der Waals surface area (Å²) in [7, 11) is 0. The monoisotopic (exact) mass is 288 g/mol. The summed E-state index contributed by atoms with van der Waals surface area (Å²) in [6.45, 7) is 4.12. The molecule has 1 aromatic carbocycles. The van der Waals surface area contributed by atoms with E-state index in [1.165, 1.54) is 0 Å². The summed E-state index contributed by atoms with van der Waals surface area (Å²) in [5.41, 5.74) is -0.00237. The van der Waals surface area contributed by atoms with Crippen LogP contribution in [0, 0.1) is 5.92 Å². The molecular weight excluding hydrogens is 268 g/mol. The number of carboxylic acid groups (broad SMARTS) is 1. The van der Waals surface area contributed by atoms with Gasteiger partial charge in [-0.3, -0.25) is 0 Å². The number of fused-ring (bicyclic) bond motifs is 1. The molecule has 1 heterocycles. The van der Waals surface area contributed by atoms with Crippen LogP contribution in [0.3, 0.4) is 0 Å². The van der Waals surface area contributed by atoms with Crippen LogP contribution in [0.15, 0.2) is 30.3 Å². The molecule has 0 saturated heterocycles. The first-order chi connectivity index (χ1) is 10.0. The molecule has 0 amide bonds. The number of hydrogen-bond donors (Lipinski definition) is 3. The van der Waals surface area contributed by atoms with Gasteiger partial charge in [0.15, 0.2) is 5.69 Å². The molecule has 0 radical (unpaired) electrons. The van der Waals surface area contributed by atoms with Crippen LogP contribution in [0.2, 0.25) is 0 Å². The largest absolute Gasteiger partial charge is 0.477 e. The predicted molar refractivity (Wildman–Crippen MR) is 82.7 cm³/mol.